The predicted octanol–water partition coefficient (Wildman–Crippen LogP) is 3.84. The Kier molecular flexibility index (Phi) is 10.1. The number of thiol groups is 1. The van der Waals surface area contributed by atoms with Crippen molar-refractivity contribution in [1.82, 2.24) is 0 Å². The zero-order chi connectivity index (χ0) is 8.53. The van der Waals surface area contributed by atoms with Gasteiger partial charge in [-0.05, 0) is 6.42 Å². The van der Waals surface area contributed by atoms with Gasteiger partial charge < -0.3 is 4.89 Å². The van der Waals surface area contributed by atoms with Crippen molar-refractivity contribution in [2.24, 2.45) is 0 Å². The molecule has 0 aliphatic heterocycles. The second-order valence-corrected chi connectivity index (χ2v) is 7.43. The highest BCUT2D eigenvalue weighted by Gasteiger charge is 1.96. The fourth-order valence-corrected chi connectivity index (χ4v) is 2.96. The number of hydrogen-bond acceptors (Lipinski definition) is 3. The van der Waals surface area contributed by atoms with E-state index in [9.17, 15) is 0 Å². The van der Waals surface area contributed by atoms with E-state index < -0.39 is 6.55 Å². The Labute approximate surface area is 80.1 Å². The third kappa shape index (κ3) is 11.1. The molecular formula is C7H17OPS2. The van der Waals surface area contributed by atoms with Gasteiger partial charge in [-0.3, -0.25) is 0 Å². The first-order chi connectivity index (χ1) is 5.27. The highest BCUT2D eigenvalue weighted by molar-refractivity contribution is 8.81. The van der Waals surface area contributed by atoms with Crippen LogP contribution in [0.25, 0.3) is 0 Å². The van der Waals surface area contributed by atoms with Crippen molar-refractivity contribution >= 4 is 30.2 Å². The van der Waals surface area contributed by atoms with Gasteiger partial charge in [0, 0.05) is 5.75 Å². The molecule has 0 aromatic rings. The summed E-state index contributed by atoms with van der Waals surface area (Å²) in [6.45, 7) is 1.20. The van der Waals surface area contributed by atoms with Crippen LogP contribution < -0.4 is 0 Å². The Morgan fingerprint density at radius 1 is 1.27 bits per heavy atom. The number of unbranched alkanes of at least 4 members (excludes halogenated alkanes) is 4. The molecule has 0 aliphatic rings. The molecule has 68 valence electrons. The zero-order valence-corrected chi connectivity index (χ0v) is 9.60. The van der Waals surface area contributed by atoms with E-state index in [1.165, 1.54) is 32.1 Å². The minimum absolute atomic E-state index is 1.01. The van der Waals surface area contributed by atoms with Crippen LogP contribution in [0.5, 0.6) is 0 Å². The monoisotopic (exact) mass is 212 g/mol. The summed E-state index contributed by atoms with van der Waals surface area (Å²) in [5.41, 5.74) is 0. The van der Waals surface area contributed by atoms with E-state index in [4.69, 9.17) is 4.89 Å². The lowest BCUT2D eigenvalue weighted by Gasteiger charge is -2.01. The fraction of sp³-hybridized carbons (Fsp3) is 1.00. The quantitative estimate of drug-likeness (QED) is 0.380. The largest absolute Gasteiger partial charge is 0.355 e. The van der Waals surface area contributed by atoms with Crippen LogP contribution in [-0.2, 0) is 0 Å². The fourth-order valence-electron chi connectivity index (χ4n) is 0.852. The van der Waals surface area contributed by atoms with Gasteiger partial charge in [0.25, 0.3) is 0 Å². The van der Waals surface area contributed by atoms with Crippen LogP contribution in [0, 0.1) is 0 Å². The molecule has 0 aliphatic carbocycles. The van der Waals surface area contributed by atoms with Gasteiger partial charge in [0.1, 0.15) is 6.55 Å². The maximum absolute atomic E-state index is 8.85. The molecule has 1 nitrogen and oxygen atoms in total. The lowest BCUT2D eigenvalue weighted by Crippen LogP contribution is -1.79. The Hall–Kier alpha value is 1.09. The molecule has 0 aromatic carbocycles. The minimum Gasteiger partial charge on any atom is -0.355 e. The molecule has 0 saturated carbocycles. The molecule has 11 heavy (non-hydrogen) atoms. The standard InChI is InChI=1S/C7H17OPS2/c1-2-3-4-5-6-7-11-9(8)10/h8,10H,2-7H2,1H3. The van der Waals surface area contributed by atoms with Gasteiger partial charge in [0.05, 0.1) is 0 Å². The molecule has 1 N–H and O–H groups in total. The molecule has 0 spiro atoms. The van der Waals surface area contributed by atoms with Crippen molar-refractivity contribution in [2.45, 2.75) is 39.0 Å². The summed E-state index contributed by atoms with van der Waals surface area (Å²) >= 11 is 5.50. The van der Waals surface area contributed by atoms with Crippen molar-refractivity contribution in [3.63, 3.8) is 0 Å². The van der Waals surface area contributed by atoms with Gasteiger partial charge in [-0.1, -0.05) is 44.0 Å². The molecule has 0 saturated heterocycles. The molecule has 0 radical (unpaired) electrons. The van der Waals surface area contributed by atoms with Crippen LogP contribution in [0.3, 0.4) is 0 Å². The Morgan fingerprint density at radius 3 is 2.45 bits per heavy atom. The molecule has 0 bridgehead atoms. The maximum Gasteiger partial charge on any atom is 0.145 e. The van der Waals surface area contributed by atoms with E-state index in [-0.39, 0.29) is 0 Å². The van der Waals surface area contributed by atoms with Gasteiger partial charge in [-0.2, -0.15) is 0 Å². The van der Waals surface area contributed by atoms with E-state index in [2.05, 4.69) is 19.2 Å². The van der Waals surface area contributed by atoms with E-state index in [0.29, 0.717) is 0 Å². The Morgan fingerprint density at radius 2 is 1.91 bits per heavy atom. The van der Waals surface area contributed by atoms with Gasteiger partial charge in [0.15, 0.2) is 0 Å². The summed E-state index contributed by atoms with van der Waals surface area (Å²) < 4.78 is 0. The summed E-state index contributed by atoms with van der Waals surface area (Å²) in [5, 5.41) is 0. The highest BCUT2D eigenvalue weighted by Crippen LogP contribution is 2.49. The van der Waals surface area contributed by atoms with Crippen LogP contribution in [0.2, 0.25) is 0 Å². The molecule has 0 amide bonds. The van der Waals surface area contributed by atoms with Crippen molar-refractivity contribution in [2.75, 3.05) is 5.75 Å². The number of hydrogen-bond donors (Lipinski definition) is 2. The van der Waals surface area contributed by atoms with Crippen molar-refractivity contribution in [1.29, 1.82) is 0 Å². The van der Waals surface area contributed by atoms with Gasteiger partial charge >= 0.3 is 0 Å². The highest BCUT2D eigenvalue weighted by atomic mass is 33.1. The smallest absolute Gasteiger partial charge is 0.145 e. The van der Waals surface area contributed by atoms with Gasteiger partial charge in [0.2, 0.25) is 0 Å². The first-order valence-corrected chi connectivity index (χ1v) is 8.12. The summed E-state index contributed by atoms with van der Waals surface area (Å²) in [7, 11) is 0. The Balaban J connectivity index is 2.80. The van der Waals surface area contributed by atoms with Crippen LogP contribution in [0.15, 0.2) is 0 Å². The Bertz CT molecular complexity index is 80.8. The summed E-state index contributed by atoms with van der Waals surface area (Å²) in [5.74, 6) is 1.06. The van der Waals surface area contributed by atoms with Gasteiger partial charge in [-0.15, -0.1) is 12.2 Å². The normalized spacial score (nSPS) is 13.4. The summed E-state index contributed by atoms with van der Waals surface area (Å²) in [6, 6.07) is 0. The van der Waals surface area contributed by atoms with Crippen molar-refractivity contribution in [3.05, 3.63) is 0 Å². The maximum atomic E-state index is 8.85. The second kappa shape index (κ2) is 9.18. The predicted molar refractivity (Wildman–Crippen MR) is 59.3 cm³/mol. The summed E-state index contributed by atoms with van der Waals surface area (Å²) in [4.78, 5) is 8.85. The lowest BCUT2D eigenvalue weighted by molar-refractivity contribution is 0.653. The third-order valence-electron chi connectivity index (χ3n) is 1.45. The van der Waals surface area contributed by atoms with Crippen molar-refractivity contribution in [3.8, 4) is 0 Å². The molecule has 0 fully saturated rings. The molecule has 1 atom stereocenters. The minimum atomic E-state index is -1.01. The lowest BCUT2D eigenvalue weighted by atomic mass is 10.2. The van der Waals surface area contributed by atoms with Crippen LogP contribution in [-0.4, -0.2) is 10.6 Å². The summed E-state index contributed by atoms with van der Waals surface area (Å²) in [6.07, 6.45) is 6.52. The van der Waals surface area contributed by atoms with Gasteiger partial charge in [-0.25, -0.2) is 0 Å². The molecule has 0 aromatic heterocycles. The van der Waals surface area contributed by atoms with E-state index in [0.717, 1.165) is 5.75 Å². The second-order valence-electron chi connectivity index (χ2n) is 2.50. The average molecular weight is 212 g/mol. The van der Waals surface area contributed by atoms with E-state index >= 15 is 0 Å². The molecule has 0 heterocycles. The third-order valence-corrected chi connectivity index (χ3v) is 4.44. The molecule has 4 heteroatoms. The molecule has 0 rings (SSSR count). The first-order valence-electron chi connectivity index (χ1n) is 4.08. The van der Waals surface area contributed by atoms with Crippen LogP contribution in [0.4, 0.5) is 0 Å². The van der Waals surface area contributed by atoms with E-state index in [1.807, 2.05) is 0 Å². The molecule has 1 unspecified atom stereocenters. The van der Waals surface area contributed by atoms with E-state index in [1.54, 1.807) is 11.4 Å². The zero-order valence-electron chi connectivity index (χ0n) is 6.99. The molecular weight excluding hydrogens is 195 g/mol. The van der Waals surface area contributed by atoms with Crippen LogP contribution >= 0.6 is 30.2 Å². The average Bonchev–Trinajstić information content (AvgIpc) is 1.96. The van der Waals surface area contributed by atoms with Crippen molar-refractivity contribution < 1.29 is 4.89 Å². The van der Waals surface area contributed by atoms with Crippen LogP contribution in [0.1, 0.15) is 39.0 Å². The number of rotatable bonds is 7. The topological polar surface area (TPSA) is 20.2 Å². The first kappa shape index (κ1) is 12.1. The SMILES string of the molecule is CCCCCCCSP(O)S.